The highest BCUT2D eigenvalue weighted by Gasteiger charge is 2.12. The smallest absolute Gasteiger partial charge is 0.126 e. The standard InChI is InChI=1S/C28H29N7/c29-18-23-19-32-26-20-33-27(31-12-15-35-13-10-30-11-14-35)17-25(26)28(23)34-24-8-6-22(7-9-24)16-21-4-2-1-3-5-21/h1-9,17,19-20,30H,10-16H2,(H,31,33)(H,32,34). The Morgan fingerprint density at radius 1 is 0.943 bits per heavy atom. The molecule has 1 aliphatic rings. The van der Waals surface area contributed by atoms with Crippen molar-refractivity contribution in [3.05, 3.63) is 89.7 Å². The predicted molar refractivity (Wildman–Crippen MR) is 141 cm³/mol. The van der Waals surface area contributed by atoms with Gasteiger partial charge in [-0.25, -0.2) is 4.98 Å². The van der Waals surface area contributed by atoms with Gasteiger partial charge in [-0.1, -0.05) is 42.5 Å². The van der Waals surface area contributed by atoms with Crippen molar-refractivity contribution in [1.82, 2.24) is 20.2 Å². The molecule has 5 rings (SSSR count). The van der Waals surface area contributed by atoms with E-state index in [0.717, 1.165) is 73.8 Å². The van der Waals surface area contributed by atoms with Gasteiger partial charge in [0.15, 0.2) is 0 Å². The lowest BCUT2D eigenvalue weighted by atomic mass is 10.0. The van der Waals surface area contributed by atoms with Crippen LogP contribution in [0.1, 0.15) is 16.7 Å². The van der Waals surface area contributed by atoms with Gasteiger partial charge >= 0.3 is 0 Å². The topological polar surface area (TPSA) is 88.9 Å². The van der Waals surface area contributed by atoms with Crippen molar-refractivity contribution >= 4 is 28.1 Å². The third-order valence-electron chi connectivity index (χ3n) is 6.29. The number of piperazine rings is 1. The van der Waals surface area contributed by atoms with Crippen LogP contribution in [-0.4, -0.2) is 54.1 Å². The highest BCUT2D eigenvalue weighted by atomic mass is 15.2. The van der Waals surface area contributed by atoms with Crippen LogP contribution in [0.4, 0.5) is 17.2 Å². The minimum absolute atomic E-state index is 0.504. The van der Waals surface area contributed by atoms with Crippen LogP contribution in [0.15, 0.2) is 73.1 Å². The molecule has 0 amide bonds. The van der Waals surface area contributed by atoms with Crippen LogP contribution in [0.25, 0.3) is 10.9 Å². The first kappa shape index (κ1) is 22.8. The molecule has 0 bridgehead atoms. The summed E-state index contributed by atoms with van der Waals surface area (Å²) in [5.74, 6) is 0.783. The Hall–Kier alpha value is -3.99. The van der Waals surface area contributed by atoms with Crippen molar-refractivity contribution in [2.24, 2.45) is 0 Å². The Morgan fingerprint density at radius 2 is 1.71 bits per heavy atom. The molecule has 1 saturated heterocycles. The summed E-state index contributed by atoms with van der Waals surface area (Å²) in [6.45, 7) is 6.01. The molecule has 1 aliphatic heterocycles. The van der Waals surface area contributed by atoms with E-state index in [2.05, 4.69) is 85.4 Å². The van der Waals surface area contributed by atoms with Crippen molar-refractivity contribution in [1.29, 1.82) is 5.26 Å². The fourth-order valence-corrected chi connectivity index (χ4v) is 4.37. The lowest BCUT2D eigenvalue weighted by Crippen LogP contribution is -2.45. The van der Waals surface area contributed by atoms with Crippen LogP contribution in [0.5, 0.6) is 0 Å². The summed E-state index contributed by atoms with van der Waals surface area (Å²) in [6.07, 6.45) is 4.25. The molecule has 0 atom stereocenters. The van der Waals surface area contributed by atoms with E-state index in [1.54, 1.807) is 12.4 Å². The summed E-state index contributed by atoms with van der Waals surface area (Å²) in [5.41, 5.74) is 5.45. The van der Waals surface area contributed by atoms with Crippen LogP contribution < -0.4 is 16.0 Å². The highest BCUT2D eigenvalue weighted by molar-refractivity contribution is 5.96. The van der Waals surface area contributed by atoms with Gasteiger partial charge in [0.2, 0.25) is 0 Å². The normalized spacial score (nSPS) is 13.9. The minimum atomic E-state index is 0.504. The van der Waals surface area contributed by atoms with E-state index in [0.29, 0.717) is 5.56 Å². The van der Waals surface area contributed by atoms with Crippen molar-refractivity contribution in [2.75, 3.05) is 49.9 Å². The van der Waals surface area contributed by atoms with Gasteiger partial charge in [0, 0.05) is 56.5 Å². The molecule has 176 valence electrons. The molecule has 0 aliphatic carbocycles. The fourth-order valence-electron chi connectivity index (χ4n) is 4.37. The third kappa shape index (κ3) is 5.75. The zero-order chi connectivity index (χ0) is 23.9. The second kappa shape index (κ2) is 11.0. The Morgan fingerprint density at radius 3 is 2.49 bits per heavy atom. The zero-order valence-corrected chi connectivity index (χ0v) is 19.7. The summed E-state index contributed by atoms with van der Waals surface area (Å²) >= 11 is 0. The van der Waals surface area contributed by atoms with Crippen LogP contribution in [-0.2, 0) is 6.42 Å². The molecule has 35 heavy (non-hydrogen) atoms. The zero-order valence-electron chi connectivity index (χ0n) is 19.7. The monoisotopic (exact) mass is 463 g/mol. The molecule has 3 heterocycles. The van der Waals surface area contributed by atoms with Crippen molar-refractivity contribution in [2.45, 2.75) is 6.42 Å². The second-order valence-electron chi connectivity index (χ2n) is 8.75. The van der Waals surface area contributed by atoms with Crippen molar-refractivity contribution < 1.29 is 0 Å². The molecule has 0 spiro atoms. The summed E-state index contributed by atoms with van der Waals surface area (Å²) in [5, 5.41) is 20.9. The first-order chi connectivity index (χ1) is 17.3. The number of nitrogens with zero attached hydrogens (tertiary/aromatic N) is 4. The van der Waals surface area contributed by atoms with Crippen LogP contribution in [0.3, 0.4) is 0 Å². The van der Waals surface area contributed by atoms with Gasteiger partial charge in [-0.3, -0.25) is 9.88 Å². The van der Waals surface area contributed by atoms with E-state index in [-0.39, 0.29) is 0 Å². The van der Waals surface area contributed by atoms with Crippen molar-refractivity contribution in [3.8, 4) is 6.07 Å². The summed E-state index contributed by atoms with van der Waals surface area (Å²) in [6, 6.07) is 23.0. The maximum atomic E-state index is 9.75. The Labute approximate surface area is 205 Å². The lowest BCUT2D eigenvalue weighted by Gasteiger charge is -2.27. The molecule has 7 heteroatoms. The quantitative estimate of drug-likeness (QED) is 0.362. The average molecular weight is 464 g/mol. The number of pyridine rings is 2. The van der Waals surface area contributed by atoms with Gasteiger partial charge in [-0.2, -0.15) is 5.26 Å². The van der Waals surface area contributed by atoms with E-state index in [9.17, 15) is 5.26 Å². The maximum Gasteiger partial charge on any atom is 0.126 e. The molecule has 2 aromatic carbocycles. The molecular weight excluding hydrogens is 434 g/mol. The number of nitrogens with one attached hydrogen (secondary N) is 3. The predicted octanol–water partition coefficient (Wildman–Crippen LogP) is 4.15. The number of rotatable bonds is 8. The van der Waals surface area contributed by atoms with Gasteiger partial charge in [0.25, 0.3) is 0 Å². The Balaban J connectivity index is 1.33. The minimum Gasteiger partial charge on any atom is -0.369 e. The summed E-state index contributed by atoms with van der Waals surface area (Å²) < 4.78 is 0. The number of benzene rings is 2. The molecule has 0 radical (unpaired) electrons. The van der Waals surface area contributed by atoms with E-state index in [1.807, 2.05) is 12.1 Å². The third-order valence-corrected chi connectivity index (χ3v) is 6.29. The number of nitriles is 1. The van der Waals surface area contributed by atoms with E-state index < -0.39 is 0 Å². The molecule has 2 aromatic heterocycles. The van der Waals surface area contributed by atoms with E-state index in [4.69, 9.17) is 0 Å². The molecule has 7 nitrogen and oxygen atoms in total. The Kier molecular flexibility index (Phi) is 7.13. The average Bonchev–Trinajstić information content (AvgIpc) is 2.91. The van der Waals surface area contributed by atoms with Crippen LogP contribution in [0, 0.1) is 11.3 Å². The Bertz CT molecular complexity index is 1310. The second-order valence-corrected chi connectivity index (χ2v) is 8.75. The van der Waals surface area contributed by atoms with Crippen molar-refractivity contribution in [3.63, 3.8) is 0 Å². The number of hydrogen-bond acceptors (Lipinski definition) is 7. The summed E-state index contributed by atoms with van der Waals surface area (Å²) in [7, 11) is 0. The first-order valence-corrected chi connectivity index (χ1v) is 12.0. The number of anilines is 3. The lowest BCUT2D eigenvalue weighted by molar-refractivity contribution is 0.249. The molecule has 4 aromatic rings. The van der Waals surface area contributed by atoms with Crippen LogP contribution in [0.2, 0.25) is 0 Å². The van der Waals surface area contributed by atoms with E-state index >= 15 is 0 Å². The number of aromatic nitrogens is 2. The number of hydrogen-bond donors (Lipinski definition) is 3. The maximum absolute atomic E-state index is 9.75. The highest BCUT2D eigenvalue weighted by Crippen LogP contribution is 2.30. The van der Waals surface area contributed by atoms with Gasteiger partial charge in [-0.15, -0.1) is 0 Å². The van der Waals surface area contributed by atoms with E-state index in [1.165, 1.54) is 11.1 Å². The first-order valence-electron chi connectivity index (χ1n) is 12.0. The molecule has 1 fully saturated rings. The fraction of sp³-hybridized carbons (Fsp3) is 0.250. The SMILES string of the molecule is N#Cc1cnc2cnc(NCCN3CCNCC3)cc2c1Nc1ccc(Cc2ccccc2)cc1. The molecule has 3 N–H and O–H groups in total. The van der Waals surface area contributed by atoms with Gasteiger partial charge in [-0.05, 0) is 35.7 Å². The summed E-state index contributed by atoms with van der Waals surface area (Å²) in [4.78, 5) is 11.4. The molecular formula is C28H29N7. The largest absolute Gasteiger partial charge is 0.369 e. The molecule has 0 unspecified atom stereocenters. The van der Waals surface area contributed by atoms with Crippen LogP contribution >= 0.6 is 0 Å². The van der Waals surface area contributed by atoms with Gasteiger partial charge in [0.05, 0.1) is 23.0 Å². The molecule has 0 saturated carbocycles. The van der Waals surface area contributed by atoms with Gasteiger partial charge < -0.3 is 16.0 Å². The number of fused-ring (bicyclic) bond motifs is 1. The van der Waals surface area contributed by atoms with Gasteiger partial charge in [0.1, 0.15) is 11.9 Å².